The SMILES string of the molecule is O=c1[nH]c2cc3c(cc2cc1CN(Cc1ccc(F)cc1)C(=S)NCCc1ccccc1)OCO3. The van der Waals surface area contributed by atoms with Crippen molar-refractivity contribution < 1.29 is 13.9 Å². The van der Waals surface area contributed by atoms with Gasteiger partial charge in [0.2, 0.25) is 6.79 Å². The number of hydrogen-bond acceptors (Lipinski definition) is 4. The van der Waals surface area contributed by atoms with Crippen LogP contribution in [0.5, 0.6) is 11.5 Å². The lowest BCUT2D eigenvalue weighted by molar-refractivity contribution is 0.174. The summed E-state index contributed by atoms with van der Waals surface area (Å²) in [6.07, 6.45) is 0.815. The van der Waals surface area contributed by atoms with E-state index in [4.69, 9.17) is 21.7 Å². The number of rotatable bonds is 7. The molecule has 0 amide bonds. The van der Waals surface area contributed by atoms with E-state index in [0.717, 1.165) is 17.4 Å². The number of aromatic nitrogens is 1. The van der Waals surface area contributed by atoms with Crippen LogP contribution < -0.4 is 20.3 Å². The van der Waals surface area contributed by atoms with E-state index in [0.29, 0.717) is 40.8 Å². The van der Waals surface area contributed by atoms with E-state index in [1.54, 1.807) is 18.2 Å². The second-order valence-electron chi connectivity index (χ2n) is 8.37. The first kappa shape index (κ1) is 22.9. The molecule has 0 bridgehead atoms. The number of nitrogens with zero attached hydrogens (tertiary/aromatic N) is 1. The van der Waals surface area contributed by atoms with Gasteiger partial charge in [0.15, 0.2) is 16.6 Å². The van der Waals surface area contributed by atoms with E-state index >= 15 is 0 Å². The molecule has 2 N–H and O–H groups in total. The van der Waals surface area contributed by atoms with Gasteiger partial charge in [-0.25, -0.2) is 4.39 Å². The Balaban J connectivity index is 1.37. The number of fused-ring (bicyclic) bond motifs is 2. The predicted octanol–water partition coefficient (Wildman–Crippen LogP) is 4.52. The fourth-order valence-electron chi connectivity index (χ4n) is 4.04. The minimum absolute atomic E-state index is 0.164. The Morgan fingerprint density at radius 3 is 2.49 bits per heavy atom. The maximum Gasteiger partial charge on any atom is 0.253 e. The second kappa shape index (κ2) is 10.1. The van der Waals surface area contributed by atoms with Crippen molar-refractivity contribution >= 4 is 28.2 Å². The van der Waals surface area contributed by atoms with Crippen LogP contribution in [0.2, 0.25) is 0 Å². The van der Waals surface area contributed by atoms with Crippen LogP contribution >= 0.6 is 12.2 Å². The first-order valence-corrected chi connectivity index (χ1v) is 11.7. The molecule has 1 aromatic heterocycles. The number of benzene rings is 3. The van der Waals surface area contributed by atoms with Gasteiger partial charge in [-0.2, -0.15) is 0 Å². The molecule has 0 fully saturated rings. The summed E-state index contributed by atoms with van der Waals surface area (Å²) in [6.45, 7) is 1.53. The van der Waals surface area contributed by atoms with Crippen molar-refractivity contribution in [3.05, 3.63) is 106 Å². The number of halogens is 1. The first-order valence-electron chi connectivity index (χ1n) is 11.3. The van der Waals surface area contributed by atoms with Crippen molar-refractivity contribution in [3.63, 3.8) is 0 Å². The number of aromatic amines is 1. The van der Waals surface area contributed by atoms with Crippen molar-refractivity contribution in [3.8, 4) is 11.5 Å². The standard InChI is InChI=1S/C27H24FN3O3S/c28-22-8-6-19(7-9-22)15-31(27(35)29-11-10-18-4-2-1-3-5-18)16-21-12-20-13-24-25(34-17-33-24)14-23(20)30-26(21)32/h1-9,12-14H,10-11,15-17H2,(H,29,35)(H,30,32). The Morgan fingerprint density at radius 2 is 1.71 bits per heavy atom. The van der Waals surface area contributed by atoms with E-state index in [-0.39, 0.29) is 24.7 Å². The Morgan fingerprint density at radius 1 is 0.971 bits per heavy atom. The molecule has 1 aliphatic heterocycles. The maximum atomic E-state index is 13.4. The number of nitrogens with one attached hydrogen (secondary N) is 2. The number of H-pyrrole nitrogens is 1. The van der Waals surface area contributed by atoms with Gasteiger partial charge in [-0.15, -0.1) is 0 Å². The number of thiocarbonyl (C=S) groups is 1. The molecule has 35 heavy (non-hydrogen) atoms. The van der Waals surface area contributed by atoms with Crippen LogP contribution in [0.1, 0.15) is 16.7 Å². The molecule has 0 aliphatic carbocycles. The molecule has 0 saturated heterocycles. The fraction of sp³-hybridized carbons (Fsp3) is 0.185. The van der Waals surface area contributed by atoms with Gasteiger partial charge < -0.3 is 24.7 Å². The van der Waals surface area contributed by atoms with Gasteiger partial charge in [-0.1, -0.05) is 42.5 Å². The second-order valence-corrected chi connectivity index (χ2v) is 8.75. The molecule has 2 heterocycles. The molecule has 8 heteroatoms. The average molecular weight is 490 g/mol. The third-order valence-electron chi connectivity index (χ3n) is 5.88. The highest BCUT2D eigenvalue weighted by atomic mass is 32.1. The molecule has 4 aromatic rings. The van der Waals surface area contributed by atoms with Gasteiger partial charge in [0.05, 0.1) is 12.1 Å². The van der Waals surface area contributed by atoms with Gasteiger partial charge in [0, 0.05) is 30.1 Å². The quantitative estimate of drug-likeness (QED) is 0.372. The van der Waals surface area contributed by atoms with Crippen LogP contribution in [0.15, 0.2) is 77.6 Å². The molecule has 0 atom stereocenters. The third-order valence-corrected chi connectivity index (χ3v) is 6.28. The van der Waals surface area contributed by atoms with Crippen molar-refractivity contribution in [2.75, 3.05) is 13.3 Å². The molecule has 0 radical (unpaired) electrons. The summed E-state index contributed by atoms with van der Waals surface area (Å²) in [4.78, 5) is 17.8. The van der Waals surface area contributed by atoms with Gasteiger partial charge in [0.1, 0.15) is 5.82 Å². The molecule has 5 rings (SSSR count). The van der Waals surface area contributed by atoms with Crippen LogP contribution in [-0.4, -0.2) is 28.3 Å². The van der Waals surface area contributed by atoms with Crippen molar-refractivity contribution in [2.24, 2.45) is 0 Å². The lowest BCUT2D eigenvalue weighted by atomic mass is 10.1. The lowest BCUT2D eigenvalue weighted by Gasteiger charge is -2.26. The summed E-state index contributed by atoms with van der Waals surface area (Å²) in [5, 5.41) is 4.67. The molecular weight excluding hydrogens is 465 g/mol. The van der Waals surface area contributed by atoms with Gasteiger partial charge in [-0.05, 0) is 54.0 Å². The molecule has 6 nitrogen and oxygen atoms in total. The Hall–Kier alpha value is -3.91. The van der Waals surface area contributed by atoms with Crippen LogP contribution in [0.3, 0.4) is 0 Å². The number of hydrogen-bond donors (Lipinski definition) is 2. The summed E-state index contributed by atoms with van der Waals surface area (Å²) in [5.74, 6) is 0.966. The third kappa shape index (κ3) is 5.44. The van der Waals surface area contributed by atoms with Crippen LogP contribution in [0, 0.1) is 5.82 Å². The van der Waals surface area contributed by atoms with Crippen LogP contribution in [0.25, 0.3) is 10.9 Å². The topological polar surface area (TPSA) is 66.6 Å². The normalized spacial score (nSPS) is 12.0. The van der Waals surface area contributed by atoms with Gasteiger partial charge >= 0.3 is 0 Å². The highest BCUT2D eigenvalue weighted by Gasteiger charge is 2.18. The maximum absolute atomic E-state index is 13.4. The summed E-state index contributed by atoms with van der Waals surface area (Å²) in [6, 6.07) is 21.9. The zero-order valence-corrected chi connectivity index (χ0v) is 19.7. The fourth-order valence-corrected chi connectivity index (χ4v) is 4.28. The average Bonchev–Trinajstić information content (AvgIpc) is 3.32. The predicted molar refractivity (Wildman–Crippen MR) is 137 cm³/mol. The summed E-state index contributed by atoms with van der Waals surface area (Å²) in [5.41, 5.74) is 3.13. The monoisotopic (exact) mass is 489 g/mol. The minimum atomic E-state index is -0.298. The van der Waals surface area contributed by atoms with Crippen molar-refractivity contribution in [1.82, 2.24) is 15.2 Å². The highest BCUT2D eigenvalue weighted by Crippen LogP contribution is 2.35. The molecular formula is C27H24FN3O3S. The van der Waals surface area contributed by atoms with Crippen molar-refractivity contribution in [1.29, 1.82) is 0 Å². The highest BCUT2D eigenvalue weighted by molar-refractivity contribution is 7.80. The van der Waals surface area contributed by atoms with E-state index in [1.807, 2.05) is 35.2 Å². The van der Waals surface area contributed by atoms with E-state index < -0.39 is 0 Å². The Labute approximate surface area is 207 Å². The van der Waals surface area contributed by atoms with Gasteiger partial charge in [-0.3, -0.25) is 4.79 Å². The molecule has 0 spiro atoms. The minimum Gasteiger partial charge on any atom is -0.454 e. The van der Waals surface area contributed by atoms with Crippen molar-refractivity contribution in [2.45, 2.75) is 19.5 Å². The molecule has 1 aliphatic rings. The zero-order valence-electron chi connectivity index (χ0n) is 18.9. The molecule has 3 aromatic carbocycles. The Kier molecular flexibility index (Phi) is 6.63. The van der Waals surface area contributed by atoms with E-state index in [1.165, 1.54) is 17.7 Å². The molecule has 178 valence electrons. The largest absolute Gasteiger partial charge is 0.454 e. The number of pyridine rings is 1. The zero-order chi connectivity index (χ0) is 24.2. The van der Waals surface area contributed by atoms with Gasteiger partial charge in [0.25, 0.3) is 5.56 Å². The number of ether oxygens (including phenoxy) is 2. The Bertz CT molecular complexity index is 1410. The molecule has 0 unspecified atom stereocenters. The van der Waals surface area contributed by atoms with Crippen LogP contribution in [0.4, 0.5) is 4.39 Å². The van der Waals surface area contributed by atoms with E-state index in [9.17, 15) is 9.18 Å². The smallest absolute Gasteiger partial charge is 0.253 e. The first-order chi connectivity index (χ1) is 17.0. The lowest BCUT2D eigenvalue weighted by Crippen LogP contribution is -2.40. The molecule has 0 saturated carbocycles. The summed E-state index contributed by atoms with van der Waals surface area (Å²) < 4.78 is 24.3. The summed E-state index contributed by atoms with van der Waals surface area (Å²) >= 11 is 5.71. The van der Waals surface area contributed by atoms with E-state index in [2.05, 4.69) is 22.4 Å². The summed E-state index contributed by atoms with van der Waals surface area (Å²) in [7, 11) is 0. The van der Waals surface area contributed by atoms with Crippen LogP contribution in [-0.2, 0) is 19.5 Å².